The fourth-order valence-electron chi connectivity index (χ4n) is 3.00. The molecule has 19 heavy (non-hydrogen) atoms. The van der Waals surface area contributed by atoms with Crippen LogP contribution in [0.25, 0.3) is 0 Å². The molecule has 0 unspecified atom stereocenters. The van der Waals surface area contributed by atoms with Crippen LogP contribution in [0.2, 0.25) is 0 Å². The first kappa shape index (κ1) is 14.3. The fraction of sp³-hybridized carbons (Fsp3) is 0.611. The highest BCUT2D eigenvalue weighted by molar-refractivity contribution is 5.78. The van der Waals surface area contributed by atoms with Gasteiger partial charge in [-0.05, 0) is 31.2 Å². The molecule has 1 heteroatoms. The highest BCUT2D eigenvalue weighted by Crippen LogP contribution is 2.27. The van der Waals surface area contributed by atoms with Crippen molar-refractivity contribution in [2.45, 2.75) is 64.7 Å². The van der Waals surface area contributed by atoms with E-state index in [2.05, 4.69) is 31.2 Å². The van der Waals surface area contributed by atoms with Crippen LogP contribution < -0.4 is 0 Å². The van der Waals surface area contributed by atoms with E-state index in [-0.39, 0.29) is 0 Å². The Morgan fingerprint density at radius 1 is 1.05 bits per heavy atom. The molecule has 0 bridgehead atoms. The van der Waals surface area contributed by atoms with Crippen LogP contribution in [0.3, 0.4) is 0 Å². The van der Waals surface area contributed by atoms with Crippen molar-refractivity contribution in [1.29, 1.82) is 0 Å². The molecule has 1 saturated carbocycles. The van der Waals surface area contributed by atoms with Crippen molar-refractivity contribution in [2.75, 3.05) is 0 Å². The summed E-state index contributed by atoms with van der Waals surface area (Å²) >= 11 is 0. The Kier molecular flexibility index (Phi) is 5.62. The average molecular weight is 258 g/mol. The number of carbonyl (C=O) groups is 1. The summed E-state index contributed by atoms with van der Waals surface area (Å²) in [5, 5.41) is 0. The van der Waals surface area contributed by atoms with E-state index in [1.165, 1.54) is 43.2 Å². The lowest BCUT2D eigenvalue weighted by Crippen LogP contribution is -2.09. The summed E-state index contributed by atoms with van der Waals surface area (Å²) < 4.78 is 0. The third kappa shape index (κ3) is 5.18. The molecule has 0 amide bonds. The zero-order valence-corrected chi connectivity index (χ0v) is 12.2. The van der Waals surface area contributed by atoms with Crippen LogP contribution in [0.4, 0.5) is 0 Å². The van der Waals surface area contributed by atoms with Crippen LogP contribution in [0, 0.1) is 12.8 Å². The molecule has 104 valence electrons. The molecule has 1 fully saturated rings. The van der Waals surface area contributed by atoms with Crippen molar-refractivity contribution in [1.82, 2.24) is 0 Å². The van der Waals surface area contributed by atoms with Crippen molar-refractivity contribution in [3.05, 3.63) is 35.4 Å². The van der Waals surface area contributed by atoms with Gasteiger partial charge in [0.2, 0.25) is 0 Å². The third-order valence-electron chi connectivity index (χ3n) is 4.37. The minimum absolute atomic E-state index is 0.450. The predicted molar refractivity (Wildman–Crippen MR) is 80.3 cm³/mol. The Hall–Kier alpha value is -1.11. The monoisotopic (exact) mass is 258 g/mol. The highest BCUT2D eigenvalue weighted by atomic mass is 16.1. The standard InChI is InChI=1S/C18H26O/c1-15-7-9-17(10-8-15)12-14-18(19)13-11-16-5-3-2-4-6-16/h7-10,16H,2-6,11-14H2,1H3. The molecule has 0 atom stereocenters. The van der Waals surface area contributed by atoms with E-state index >= 15 is 0 Å². The van der Waals surface area contributed by atoms with Crippen molar-refractivity contribution in [3.63, 3.8) is 0 Å². The molecule has 1 aromatic rings. The van der Waals surface area contributed by atoms with Crippen LogP contribution >= 0.6 is 0 Å². The van der Waals surface area contributed by atoms with Crippen molar-refractivity contribution in [2.24, 2.45) is 5.92 Å². The van der Waals surface area contributed by atoms with Gasteiger partial charge in [0, 0.05) is 12.8 Å². The smallest absolute Gasteiger partial charge is 0.133 e. The molecule has 0 spiro atoms. The van der Waals surface area contributed by atoms with Crippen molar-refractivity contribution in [3.8, 4) is 0 Å². The van der Waals surface area contributed by atoms with Gasteiger partial charge < -0.3 is 0 Å². The van der Waals surface area contributed by atoms with Gasteiger partial charge in [-0.15, -0.1) is 0 Å². The van der Waals surface area contributed by atoms with Gasteiger partial charge in [0.1, 0.15) is 5.78 Å². The van der Waals surface area contributed by atoms with Gasteiger partial charge in [-0.25, -0.2) is 0 Å². The Bertz CT molecular complexity index is 385. The molecule has 1 aliphatic rings. The van der Waals surface area contributed by atoms with Gasteiger partial charge >= 0.3 is 0 Å². The second kappa shape index (κ2) is 7.47. The van der Waals surface area contributed by atoms with Crippen LogP contribution in [0.5, 0.6) is 0 Å². The quantitative estimate of drug-likeness (QED) is 0.712. The Morgan fingerprint density at radius 3 is 2.42 bits per heavy atom. The lowest BCUT2D eigenvalue weighted by Gasteiger charge is -2.20. The average Bonchev–Trinajstić information content (AvgIpc) is 2.45. The topological polar surface area (TPSA) is 17.1 Å². The molecule has 1 nitrogen and oxygen atoms in total. The second-order valence-electron chi connectivity index (χ2n) is 6.07. The molecule has 0 heterocycles. The van der Waals surface area contributed by atoms with E-state index < -0.39 is 0 Å². The Balaban J connectivity index is 1.65. The van der Waals surface area contributed by atoms with E-state index in [0.717, 1.165) is 31.6 Å². The molecular formula is C18H26O. The maximum Gasteiger partial charge on any atom is 0.133 e. The number of benzene rings is 1. The minimum atomic E-state index is 0.450. The first-order valence-corrected chi connectivity index (χ1v) is 7.81. The zero-order chi connectivity index (χ0) is 13.5. The minimum Gasteiger partial charge on any atom is -0.300 e. The number of hydrogen-bond acceptors (Lipinski definition) is 1. The number of ketones is 1. The van der Waals surface area contributed by atoms with Crippen LogP contribution in [0.1, 0.15) is 62.5 Å². The molecule has 0 N–H and O–H groups in total. The first-order chi connectivity index (χ1) is 9.24. The first-order valence-electron chi connectivity index (χ1n) is 7.81. The zero-order valence-electron chi connectivity index (χ0n) is 12.2. The van der Waals surface area contributed by atoms with Crippen LogP contribution in [0.15, 0.2) is 24.3 Å². The number of Topliss-reactive ketones (excluding diaryl/α,β-unsaturated/α-hetero) is 1. The van der Waals surface area contributed by atoms with Crippen LogP contribution in [-0.2, 0) is 11.2 Å². The molecule has 0 saturated heterocycles. The number of aryl methyl sites for hydroxylation is 2. The largest absolute Gasteiger partial charge is 0.300 e. The molecule has 2 rings (SSSR count). The molecule has 0 aliphatic heterocycles. The molecule has 0 aromatic heterocycles. The van der Waals surface area contributed by atoms with E-state index in [1.807, 2.05) is 0 Å². The predicted octanol–water partition coefficient (Wildman–Crippen LogP) is 4.86. The van der Waals surface area contributed by atoms with Crippen LogP contribution in [-0.4, -0.2) is 5.78 Å². The van der Waals surface area contributed by atoms with E-state index in [4.69, 9.17) is 0 Å². The normalized spacial score (nSPS) is 16.5. The summed E-state index contributed by atoms with van der Waals surface area (Å²) in [5.41, 5.74) is 2.57. The number of hydrogen-bond donors (Lipinski definition) is 0. The summed E-state index contributed by atoms with van der Waals surface area (Å²) in [6.45, 7) is 2.10. The summed E-state index contributed by atoms with van der Waals surface area (Å²) in [5.74, 6) is 1.28. The summed E-state index contributed by atoms with van der Waals surface area (Å²) in [6, 6.07) is 8.54. The van der Waals surface area contributed by atoms with Gasteiger partial charge in [-0.3, -0.25) is 4.79 Å². The molecular weight excluding hydrogens is 232 g/mol. The lowest BCUT2D eigenvalue weighted by molar-refractivity contribution is -0.119. The Morgan fingerprint density at radius 2 is 1.74 bits per heavy atom. The third-order valence-corrected chi connectivity index (χ3v) is 4.37. The Labute approximate surface area is 117 Å². The summed E-state index contributed by atoms with van der Waals surface area (Å²) in [7, 11) is 0. The van der Waals surface area contributed by atoms with Crippen molar-refractivity contribution >= 4 is 5.78 Å². The fourth-order valence-corrected chi connectivity index (χ4v) is 3.00. The number of carbonyl (C=O) groups excluding carboxylic acids is 1. The van der Waals surface area contributed by atoms with Gasteiger partial charge in [0.25, 0.3) is 0 Å². The summed E-state index contributed by atoms with van der Waals surface area (Å²) in [4.78, 5) is 11.9. The lowest BCUT2D eigenvalue weighted by atomic mass is 9.85. The van der Waals surface area contributed by atoms with Gasteiger partial charge in [0.15, 0.2) is 0 Å². The van der Waals surface area contributed by atoms with Gasteiger partial charge in [0.05, 0.1) is 0 Å². The van der Waals surface area contributed by atoms with Gasteiger partial charge in [-0.2, -0.15) is 0 Å². The van der Waals surface area contributed by atoms with E-state index in [0.29, 0.717) is 5.78 Å². The second-order valence-corrected chi connectivity index (χ2v) is 6.07. The summed E-state index contributed by atoms with van der Waals surface area (Å²) in [6.07, 6.45) is 10.4. The maximum atomic E-state index is 11.9. The maximum absolute atomic E-state index is 11.9. The molecule has 1 aliphatic carbocycles. The molecule has 0 radical (unpaired) electrons. The van der Waals surface area contributed by atoms with Gasteiger partial charge in [-0.1, -0.05) is 61.9 Å². The SMILES string of the molecule is Cc1ccc(CCC(=O)CCC2CCCCC2)cc1. The van der Waals surface area contributed by atoms with E-state index in [1.54, 1.807) is 0 Å². The molecule has 1 aromatic carbocycles. The highest BCUT2D eigenvalue weighted by Gasteiger charge is 2.14. The number of rotatable bonds is 6. The van der Waals surface area contributed by atoms with E-state index in [9.17, 15) is 4.79 Å². The van der Waals surface area contributed by atoms with Crippen molar-refractivity contribution < 1.29 is 4.79 Å².